The van der Waals surface area contributed by atoms with Gasteiger partial charge >= 0.3 is 6.09 Å². The summed E-state index contributed by atoms with van der Waals surface area (Å²) in [6.07, 6.45) is 0.0777. The molecule has 1 aromatic carbocycles. The van der Waals surface area contributed by atoms with Crippen molar-refractivity contribution < 1.29 is 19.4 Å². The van der Waals surface area contributed by atoms with Gasteiger partial charge in [0.15, 0.2) is 5.17 Å². The molecule has 1 saturated carbocycles. The molecule has 0 radical (unpaired) electrons. The van der Waals surface area contributed by atoms with Gasteiger partial charge in [0, 0.05) is 22.8 Å². The topological polar surface area (TPSA) is 73.1 Å². The molecular formula is C19H25FN2O3S. The summed E-state index contributed by atoms with van der Waals surface area (Å²) in [7, 11) is 0. The highest BCUT2D eigenvalue weighted by Crippen LogP contribution is 2.50. The average molecular weight is 380 g/mol. The fraction of sp³-hybridized carbons (Fsp3) is 0.579. The summed E-state index contributed by atoms with van der Waals surface area (Å²) in [4.78, 5) is 18.0. The van der Waals surface area contributed by atoms with E-state index in [1.807, 2.05) is 20.8 Å². The van der Waals surface area contributed by atoms with Gasteiger partial charge in [0.05, 0.1) is 11.6 Å². The van der Waals surface area contributed by atoms with Gasteiger partial charge in [0.1, 0.15) is 5.82 Å². The molecule has 0 saturated heterocycles. The van der Waals surface area contributed by atoms with Crippen LogP contribution in [0.15, 0.2) is 29.3 Å². The van der Waals surface area contributed by atoms with E-state index in [4.69, 9.17) is 4.99 Å². The van der Waals surface area contributed by atoms with E-state index in [1.165, 1.54) is 22.7 Å². The fourth-order valence-electron chi connectivity index (χ4n) is 3.96. The second-order valence-electron chi connectivity index (χ2n) is 8.02. The monoisotopic (exact) mass is 380 g/mol. The zero-order valence-corrected chi connectivity index (χ0v) is 16.1. The van der Waals surface area contributed by atoms with E-state index in [-0.39, 0.29) is 11.7 Å². The Balaban J connectivity index is 2.15. The van der Waals surface area contributed by atoms with Gasteiger partial charge in [-0.25, -0.2) is 9.18 Å². The smallest absolute Gasteiger partial charge is 0.413 e. The van der Waals surface area contributed by atoms with E-state index in [2.05, 4.69) is 0 Å². The lowest BCUT2D eigenvalue weighted by atomic mass is 9.69. The summed E-state index contributed by atoms with van der Waals surface area (Å²) >= 11 is 1.37. The van der Waals surface area contributed by atoms with Crippen molar-refractivity contribution in [1.82, 2.24) is 4.90 Å². The van der Waals surface area contributed by atoms with Crippen LogP contribution in [-0.2, 0) is 5.54 Å². The normalized spacial score (nSPS) is 28.9. The molecule has 1 heterocycles. The number of benzene rings is 1. The van der Waals surface area contributed by atoms with Crippen LogP contribution in [0, 0.1) is 11.7 Å². The minimum Gasteiger partial charge on any atom is -0.465 e. The SMILES string of the molecule is CC(C)(C)N(C(=O)O)C1=N[C@@]2(c3ccccc3F)CC[C@@H](O)C[C@H]2CS1. The summed E-state index contributed by atoms with van der Waals surface area (Å²) in [6.45, 7) is 5.45. The van der Waals surface area contributed by atoms with Crippen molar-refractivity contribution in [3.05, 3.63) is 35.6 Å². The highest BCUT2D eigenvalue weighted by atomic mass is 32.2. The Morgan fingerprint density at radius 3 is 2.69 bits per heavy atom. The number of aliphatic imine (C=N–C) groups is 1. The number of hydrogen-bond acceptors (Lipinski definition) is 4. The van der Waals surface area contributed by atoms with Crippen molar-refractivity contribution in [1.29, 1.82) is 0 Å². The van der Waals surface area contributed by atoms with E-state index in [0.29, 0.717) is 35.7 Å². The van der Waals surface area contributed by atoms with Crippen LogP contribution < -0.4 is 0 Å². The van der Waals surface area contributed by atoms with Crippen molar-refractivity contribution in [2.45, 2.75) is 57.2 Å². The molecule has 0 unspecified atom stereocenters. The first-order valence-corrected chi connectivity index (χ1v) is 9.82. The Hall–Kier alpha value is -1.60. The molecule has 1 amide bonds. The molecule has 0 spiro atoms. The number of aliphatic hydroxyl groups excluding tert-OH is 1. The minimum atomic E-state index is -1.07. The first-order valence-electron chi connectivity index (χ1n) is 8.84. The number of thioether (sulfide) groups is 1. The standard InChI is InChI=1S/C19H25FN2O3S/c1-18(2,3)22(17(24)25)16-21-19(14-6-4-5-7-15(14)20)9-8-13(23)10-12(19)11-26-16/h4-7,12-13,23H,8-11H2,1-3H3,(H,24,25)/t12-,13+,19-/m0/s1. The number of amidine groups is 1. The molecule has 0 aromatic heterocycles. The maximum absolute atomic E-state index is 14.7. The van der Waals surface area contributed by atoms with Crippen molar-refractivity contribution in [2.24, 2.45) is 10.9 Å². The van der Waals surface area contributed by atoms with Crippen LogP contribution in [-0.4, -0.2) is 43.8 Å². The average Bonchev–Trinajstić information content (AvgIpc) is 2.54. The molecule has 3 atom stereocenters. The zero-order chi connectivity index (χ0) is 19.1. The number of rotatable bonds is 1. The van der Waals surface area contributed by atoms with Crippen LogP contribution >= 0.6 is 11.8 Å². The molecule has 1 aliphatic heterocycles. The third-order valence-electron chi connectivity index (χ3n) is 5.19. The van der Waals surface area contributed by atoms with E-state index in [1.54, 1.807) is 18.2 Å². The molecule has 7 heteroatoms. The molecular weight excluding hydrogens is 355 g/mol. The molecule has 26 heavy (non-hydrogen) atoms. The van der Waals surface area contributed by atoms with Gasteiger partial charge in [-0.15, -0.1) is 0 Å². The number of aliphatic hydroxyl groups is 1. The van der Waals surface area contributed by atoms with Crippen molar-refractivity contribution in [3.8, 4) is 0 Å². The summed E-state index contributed by atoms with van der Waals surface area (Å²) in [5.74, 6) is 0.235. The van der Waals surface area contributed by atoms with E-state index >= 15 is 0 Å². The molecule has 3 rings (SSSR count). The maximum atomic E-state index is 14.7. The van der Waals surface area contributed by atoms with E-state index in [0.717, 1.165) is 0 Å². The van der Waals surface area contributed by atoms with Crippen LogP contribution in [0.25, 0.3) is 0 Å². The van der Waals surface area contributed by atoms with Crippen LogP contribution in [0.2, 0.25) is 0 Å². The number of halogens is 1. The molecule has 1 aliphatic carbocycles. The number of carboxylic acid groups (broad SMARTS) is 1. The second kappa shape index (κ2) is 6.85. The highest BCUT2D eigenvalue weighted by Gasteiger charge is 2.50. The Morgan fingerprint density at radius 2 is 2.08 bits per heavy atom. The minimum absolute atomic E-state index is 0.0347. The number of hydrogen-bond donors (Lipinski definition) is 2. The summed E-state index contributed by atoms with van der Waals surface area (Å²) in [6, 6.07) is 6.58. The first-order chi connectivity index (χ1) is 12.1. The van der Waals surface area contributed by atoms with Gasteiger partial charge in [-0.3, -0.25) is 9.89 Å². The quantitative estimate of drug-likeness (QED) is 0.770. The summed E-state index contributed by atoms with van der Waals surface area (Å²) in [5.41, 5.74) is -0.992. The lowest BCUT2D eigenvalue weighted by Gasteiger charge is -2.47. The third-order valence-corrected chi connectivity index (χ3v) is 6.29. The van der Waals surface area contributed by atoms with Gasteiger partial charge in [-0.05, 0) is 46.1 Å². The molecule has 5 nitrogen and oxygen atoms in total. The summed E-state index contributed by atoms with van der Waals surface area (Å²) in [5, 5.41) is 20.2. The van der Waals surface area contributed by atoms with Gasteiger partial charge in [0.2, 0.25) is 0 Å². The van der Waals surface area contributed by atoms with Crippen LogP contribution in [0.3, 0.4) is 0 Å². The number of amides is 1. The van der Waals surface area contributed by atoms with Crippen LogP contribution in [0.5, 0.6) is 0 Å². The van der Waals surface area contributed by atoms with E-state index < -0.39 is 23.3 Å². The van der Waals surface area contributed by atoms with Gasteiger partial charge in [0.25, 0.3) is 0 Å². The molecule has 2 aliphatic rings. The Morgan fingerprint density at radius 1 is 1.38 bits per heavy atom. The lowest BCUT2D eigenvalue weighted by Crippen LogP contribution is -2.52. The molecule has 1 fully saturated rings. The fourth-order valence-corrected chi connectivity index (χ4v) is 5.43. The third kappa shape index (κ3) is 3.34. The molecule has 2 N–H and O–H groups in total. The van der Waals surface area contributed by atoms with Crippen molar-refractivity contribution >= 4 is 23.0 Å². The maximum Gasteiger partial charge on any atom is 0.413 e. The van der Waals surface area contributed by atoms with Gasteiger partial charge < -0.3 is 10.2 Å². The molecule has 142 valence electrons. The Kier molecular flexibility index (Phi) is 5.05. The Bertz CT molecular complexity index is 734. The number of nitrogens with zero attached hydrogens (tertiary/aromatic N) is 2. The largest absolute Gasteiger partial charge is 0.465 e. The van der Waals surface area contributed by atoms with Crippen molar-refractivity contribution in [3.63, 3.8) is 0 Å². The summed E-state index contributed by atoms with van der Waals surface area (Å²) < 4.78 is 14.7. The number of fused-ring (bicyclic) bond motifs is 1. The van der Waals surface area contributed by atoms with Crippen LogP contribution in [0.1, 0.15) is 45.6 Å². The lowest BCUT2D eigenvalue weighted by molar-refractivity contribution is 0.0588. The number of carbonyl (C=O) groups is 1. The van der Waals surface area contributed by atoms with Crippen LogP contribution in [0.4, 0.5) is 9.18 Å². The molecule has 0 bridgehead atoms. The highest BCUT2D eigenvalue weighted by molar-refractivity contribution is 8.13. The predicted octanol–water partition coefficient (Wildman–Crippen LogP) is 4.06. The second-order valence-corrected chi connectivity index (χ2v) is 9.01. The predicted molar refractivity (Wildman–Crippen MR) is 101 cm³/mol. The molecule has 1 aromatic rings. The Labute approximate surface area is 157 Å². The van der Waals surface area contributed by atoms with Crippen molar-refractivity contribution in [2.75, 3.05) is 5.75 Å². The first kappa shape index (κ1) is 19.2. The zero-order valence-electron chi connectivity index (χ0n) is 15.3. The van der Waals surface area contributed by atoms with Gasteiger partial charge in [-0.2, -0.15) is 0 Å². The van der Waals surface area contributed by atoms with Gasteiger partial charge in [-0.1, -0.05) is 30.0 Å². The van der Waals surface area contributed by atoms with E-state index in [9.17, 15) is 19.4 Å².